The SMILES string of the molecule is CN(C)c1ccc(C(=O)Nc2ccc(N3C[C@H]4C[C@@H](C3)c3cccc(=O)n3C4)nc2)cc1. The fourth-order valence-corrected chi connectivity index (χ4v) is 4.84. The molecule has 2 aliphatic rings. The molecule has 7 heteroatoms. The molecular weight excluding hydrogens is 402 g/mol. The van der Waals surface area contributed by atoms with Gasteiger partial charge in [0.15, 0.2) is 0 Å². The molecule has 3 aromatic rings. The summed E-state index contributed by atoms with van der Waals surface area (Å²) in [4.78, 5) is 33.7. The minimum absolute atomic E-state index is 0.0974. The van der Waals surface area contributed by atoms with Crippen molar-refractivity contribution in [1.82, 2.24) is 9.55 Å². The quantitative estimate of drug-likeness (QED) is 0.690. The molecule has 1 amide bonds. The van der Waals surface area contributed by atoms with Gasteiger partial charge in [-0.25, -0.2) is 4.98 Å². The molecular formula is C25H27N5O2. The molecule has 0 unspecified atom stereocenters. The van der Waals surface area contributed by atoms with Crippen molar-refractivity contribution in [3.05, 3.63) is 82.4 Å². The molecule has 1 aromatic carbocycles. The van der Waals surface area contributed by atoms with Gasteiger partial charge in [0.2, 0.25) is 0 Å². The van der Waals surface area contributed by atoms with Crippen molar-refractivity contribution in [2.75, 3.05) is 42.3 Å². The first-order valence-electron chi connectivity index (χ1n) is 11.0. The first-order valence-corrected chi connectivity index (χ1v) is 11.0. The van der Waals surface area contributed by atoms with E-state index in [1.54, 1.807) is 12.3 Å². The summed E-state index contributed by atoms with van der Waals surface area (Å²) in [5.74, 6) is 1.52. The van der Waals surface area contributed by atoms with Crippen molar-refractivity contribution in [2.45, 2.75) is 18.9 Å². The molecule has 7 nitrogen and oxygen atoms in total. The lowest BCUT2D eigenvalue weighted by molar-refractivity contribution is 0.102. The Morgan fingerprint density at radius 1 is 1.03 bits per heavy atom. The largest absolute Gasteiger partial charge is 0.378 e. The summed E-state index contributed by atoms with van der Waals surface area (Å²) >= 11 is 0. The average molecular weight is 430 g/mol. The number of hydrogen-bond acceptors (Lipinski definition) is 5. The number of carbonyl (C=O) groups is 1. The number of nitrogens with zero attached hydrogens (tertiary/aromatic N) is 4. The monoisotopic (exact) mass is 429 g/mol. The van der Waals surface area contributed by atoms with Gasteiger partial charge < -0.3 is 19.7 Å². The Balaban J connectivity index is 1.27. The number of anilines is 3. The second kappa shape index (κ2) is 8.15. The molecule has 0 aliphatic carbocycles. The summed E-state index contributed by atoms with van der Waals surface area (Å²) in [6.45, 7) is 2.49. The van der Waals surface area contributed by atoms with Gasteiger partial charge >= 0.3 is 0 Å². The van der Waals surface area contributed by atoms with E-state index < -0.39 is 0 Å². The van der Waals surface area contributed by atoms with Crippen LogP contribution in [-0.4, -0.2) is 42.6 Å². The fourth-order valence-electron chi connectivity index (χ4n) is 4.84. The molecule has 1 fully saturated rings. The summed E-state index contributed by atoms with van der Waals surface area (Å²) < 4.78 is 1.94. The van der Waals surface area contributed by atoms with E-state index in [1.807, 2.05) is 66.0 Å². The van der Waals surface area contributed by atoms with Crippen LogP contribution < -0.4 is 20.7 Å². The molecule has 2 aliphatic heterocycles. The van der Waals surface area contributed by atoms with Crippen LogP contribution >= 0.6 is 0 Å². The van der Waals surface area contributed by atoms with Crippen molar-refractivity contribution in [3.63, 3.8) is 0 Å². The topological polar surface area (TPSA) is 70.5 Å². The van der Waals surface area contributed by atoms with Crippen LogP contribution in [0.2, 0.25) is 0 Å². The highest BCUT2D eigenvalue weighted by Crippen LogP contribution is 2.36. The number of amides is 1. The lowest BCUT2D eigenvalue weighted by Crippen LogP contribution is -2.47. The predicted octanol–water partition coefficient (Wildman–Crippen LogP) is 3.19. The molecule has 2 aromatic heterocycles. The fraction of sp³-hybridized carbons (Fsp3) is 0.320. The van der Waals surface area contributed by atoms with E-state index in [0.29, 0.717) is 23.1 Å². The molecule has 2 bridgehead atoms. The Kier molecular flexibility index (Phi) is 5.17. The highest BCUT2D eigenvalue weighted by Gasteiger charge is 2.34. The number of pyridine rings is 2. The van der Waals surface area contributed by atoms with Crippen molar-refractivity contribution < 1.29 is 4.79 Å². The third-order valence-corrected chi connectivity index (χ3v) is 6.46. The first-order chi connectivity index (χ1) is 15.5. The van der Waals surface area contributed by atoms with Gasteiger partial charge in [0.05, 0.1) is 11.9 Å². The molecule has 1 saturated heterocycles. The molecule has 164 valence electrons. The predicted molar refractivity (Wildman–Crippen MR) is 127 cm³/mol. The van der Waals surface area contributed by atoms with Crippen molar-refractivity contribution in [3.8, 4) is 0 Å². The van der Waals surface area contributed by atoms with Gasteiger partial charge in [0, 0.05) is 62.7 Å². The maximum Gasteiger partial charge on any atom is 0.255 e. The zero-order valence-corrected chi connectivity index (χ0v) is 18.4. The van der Waals surface area contributed by atoms with Gasteiger partial charge in [-0.15, -0.1) is 0 Å². The van der Waals surface area contributed by atoms with Gasteiger partial charge in [-0.1, -0.05) is 6.07 Å². The van der Waals surface area contributed by atoms with Crippen LogP contribution in [0.5, 0.6) is 0 Å². The van der Waals surface area contributed by atoms with Gasteiger partial charge in [0.25, 0.3) is 11.5 Å². The van der Waals surface area contributed by atoms with E-state index in [-0.39, 0.29) is 11.5 Å². The normalized spacial score (nSPS) is 19.2. The minimum atomic E-state index is -0.153. The third kappa shape index (κ3) is 3.86. The Bertz CT molecular complexity index is 1180. The van der Waals surface area contributed by atoms with Crippen LogP contribution in [-0.2, 0) is 6.54 Å². The summed E-state index contributed by atoms with van der Waals surface area (Å²) in [7, 11) is 3.94. The zero-order chi connectivity index (χ0) is 22.2. The minimum Gasteiger partial charge on any atom is -0.378 e. The molecule has 32 heavy (non-hydrogen) atoms. The van der Waals surface area contributed by atoms with Gasteiger partial charge in [-0.05, 0) is 54.8 Å². The van der Waals surface area contributed by atoms with E-state index in [2.05, 4.69) is 21.3 Å². The number of nitrogens with one attached hydrogen (secondary N) is 1. The Morgan fingerprint density at radius 2 is 1.84 bits per heavy atom. The third-order valence-electron chi connectivity index (χ3n) is 6.46. The zero-order valence-electron chi connectivity index (χ0n) is 18.4. The molecule has 1 N–H and O–H groups in total. The van der Waals surface area contributed by atoms with Crippen molar-refractivity contribution in [2.24, 2.45) is 5.92 Å². The van der Waals surface area contributed by atoms with Gasteiger partial charge in [-0.2, -0.15) is 0 Å². The maximum absolute atomic E-state index is 12.6. The van der Waals surface area contributed by atoms with Crippen LogP contribution in [0.25, 0.3) is 0 Å². The van der Waals surface area contributed by atoms with E-state index in [1.165, 1.54) is 0 Å². The molecule has 0 spiro atoms. The van der Waals surface area contributed by atoms with Crippen LogP contribution in [0.3, 0.4) is 0 Å². The van der Waals surface area contributed by atoms with Crippen molar-refractivity contribution in [1.29, 1.82) is 0 Å². The lowest BCUT2D eigenvalue weighted by atomic mass is 9.83. The molecule has 0 saturated carbocycles. The summed E-state index contributed by atoms with van der Waals surface area (Å²) in [6, 6.07) is 16.9. The molecule has 2 atom stereocenters. The number of hydrogen-bond donors (Lipinski definition) is 1. The van der Waals surface area contributed by atoms with Gasteiger partial charge in [0.1, 0.15) is 5.82 Å². The van der Waals surface area contributed by atoms with Crippen LogP contribution in [0.15, 0.2) is 65.6 Å². The molecule has 0 radical (unpaired) electrons. The number of fused-ring (bicyclic) bond motifs is 4. The van der Waals surface area contributed by atoms with Gasteiger partial charge in [-0.3, -0.25) is 9.59 Å². The van der Waals surface area contributed by atoms with Crippen LogP contribution in [0.4, 0.5) is 17.2 Å². The smallest absolute Gasteiger partial charge is 0.255 e. The second-order valence-corrected chi connectivity index (χ2v) is 8.90. The van der Waals surface area contributed by atoms with Crippen LogP contribution in [0.1, 0.15) is 28.4 Å². The number of piperidine rings is 1. The number of aromatic nitrogens is 2. The maximum atomic E-state index is 12.6. The highest BCUT2D eigenvalue weighted by molar-refractivity contribution is 6.04. The summed E-state index contributed by atoms with van der Waals surface area (Å²) in [6.07, 6.45) is 2.82. The lowest BCUT2D eigenvalue weighted by Gasteiger charge is -2.43. The molecule has 4 heterocycles. The summed E-state index contributed by atoms with van der Waals surface area (Å²) in [5.41, 5.74) is 3.55. The number of benzene rings is 1. The Morgan fingerprint density at radius 3 is 2.56 bits per heavy atom. The first kappa shape index (κ1) is 20.3. The highest BCUT2D eigenvalue weighted by atomic mass is 16.1. The van der Waals surface area contributed by atoms with Crippen LogP contribution in [0, 0.1) is 5.92 Å². The average Bonchev–Trinajstić information content (AvgIpc) is 2.80. The van der Waals surface area contributed by atoms with E-state index >= 15 is 0 Å². The molecule has 5 rings (SSSR count). The Hall–Kier alpha value is -3.61. The number of rotatable bonds is 4. The standard InChI is InChI=1S/C25H27N5O2/c1-28(2)21-9-6-18(7-10-21)25(32)27-20-8-11-23(26-13-20)29-14-17-12-19(16-29)22-4-3-5-24(31)30(22)15-17/h3-11,13,17,19H,12,14-16H2,1-2H3,(H,27,32)/t17-,19+/m1/s1. The van der Waals surface area contributed by atoms with E-state index in [0.717, 1.165) is 43.3 Å². The van der Waals surface area contributed by atoms with Crippen molar-refractivity contribution >= 4 is 23.1 Å². The number of carbonyl (C=O) groups excluding carboxylic acids is 1. The van der Waals surface area contributed by atoms with E-state index in [9.17, 15) is 9.59 Å². The van der Waals surface area contributed by atoms with E-state index in [4.69, 9.17) is 0 Å². The Labute approximate surface area is 187 Å². The summed E-state index contributed by atoms with van der Waals surface area (Å²) in [5, 5.41) is 2.92. The second-order valence-electron chi connectivity index (χ2n) is 8.90.